The lowest BCUT2D eigenvalue weighted by Gasteiger charge is -2.28. The van der Waals surface area contributed by atoms with Gasteiger partial charge in [0.15, 0.2) is 0 Å². The van der Waals surface area contributed by atoms with E-state index in [1.165, 1.54) is 25.7 Å². The van der Waals surface area contributed by atoms with Crippen LogP contribution in [0, 0.1) is 5.92 Å². The quantitative estimate of drug-likeness (QED) is 0.858. The van der Waals surface area contributed by atoms with Crippen LogP contribution in [0.5, 0.6) is 0 Å². The van der Waals surface area contributed by atoms with Crippen molar-refractivity contribution in [3.63, 3.8) is 0 Å². The number of anilines is 2. The molecule has 19 heavy (non-hydrogen) atoms. The van der Waals surface area contributed by atoms with Crippen molar-refractivity contribution >= 4 is 11.6 Å². The Morgan fingerprint density at radius 3 is 2.37 bits per heavy atom. The van der Waals surface area contributed by atoms with E-state index in [1.807, 2.05) is 6.07 Å². The highest BCUT2D eigenvalue weighted by Gasteiger charge is 2.21. The van der Waals surface area contributed by atoms with Gasteiger partial charge in [0.05, 0.1) is 0 Å². The van der Waals surface area contributed by atoms with Crippen LogP contribution in [0.1, 0.15) is 59.2 Å². The number of nitrogens with zero attached hydrogens (tertiary/aromatic N) is 2. The van der Waals surface area contributed by atoms with E-state index in [2.05, 4.69) is 43.0 Å². The minimum atomic E-state index is -0.0765. The Morgan fingerprint density at radius 1 is 1.16 bits per heavy atom. The van der Waals surface area contributed by atoms with Gasteiger partial charge in [0.25, 0.3) is 0 Å². The highest BCUT2D eigenvalue weighted by Crippen LogP contribution is 2.27. The summed E-state index contributed by atoms with van der Waals surface area (Å²) in [5.41, 5.74) is 5.82. The zero-order valence-electron chi connectivity index (χ0n) is 12.5. The fraction of sp³-hybridized carbons (Fsp3) is 0.733. The van der Waals surface area contributed by atoms with E-state index < -0.39 is 0 Å². The summed E-state index contributed by atoms with van der Waals surface area (Å²) in [7, 11) is 0. The maximum Gasteiger partial charge on any atom is 0.138 e. The van der Waals surface area contributed by atoms with E-state index in [0.29, 0.717) is 11.9 Å². The molecule has 0 aromatic carbocycles. The molecule has 2 rings (SSSR count). The second kappa shape index (κ2) is 5.35. The molecule has 1 fully saturated rings. The molecule has 4 heteroatoms. The summed E-state index contributed by atoms with van der Waals surface area (Å²) in [6.07, 6.45) is 5.03. The number of nitrogen functional groups attached to an aromatic ring is 1. The smallest absolute Gasteiger partial charge is 0.138 e. The van der Waals surface area contributed by atoms with Gasteiger partial charge in [-0.2, -0.15) is 0 Å². The van der Waals surface area contributed by atoms with Gasteiger partial charge < -0.3 is 11.1 Å². The molecule has 1 aliphatic rings. The van der Waals surface area contributed by atoms with Gasteiger partial charge in [-0.25, -0.2) is 9.97 Å². The third-order valence-electron chi connectivity index (χ3n) is 3.78. The highest BCUT2D eigenvalue weighted by atomic mass is 15.1. The SMILES string of the molecule is CC1CCC(Nc2cc(N)nc(C(C)(C)C)n2)CC1. The van der Waals surface area contributed by atoms with Crippen LogP contribution >= 0.6 is 0 Å². The lowest BCUT2D eigenvalue weighted by molar-refractivity contribution is 0.360. The second-order valence-corrected chi connectivity index (χ2v) is 6.85. The minimum absolute atomic E-state index is 0.0765. The Kier molecular flexibility index (Phi) is 3.97. The molecule has 1 saturated carbocycles. The standard InChI is InChI=1S/C15H26N4/c1-10-5-7-11(8-6-10)17-13-9-12(16)18-14(19-13)15(2,3)4/h9-11H,5-8H2,1-4H3,(H3,16,17,18,19). The maximum absolute atomic E-state index is 5.89. The van der Waals surface area contributed by atoms with Gasteiger partial charge in [-0.1, -0.05) is 27.7 Å². The van der Waals surface area contributed by atoms with Gasteiger partial charge in [-0.05, 0) is 31.6 Å². The van der Waals surface area contributed by atoms with E-state index in [9.17, 15) is 0 Å². The fourth-order valence-corrected chi connectivity index (χ4v) is 2.49. The number of hydrogen-bond acceptors (Lipinski definition) is 4. The summed E-state index contributed by atoms with van der Waals surface area (Å²) < 4.78 is 0. The van der Waals surface area contributed by atoms with Crippen molar-refractivity contribution in [2.24, 2.45) is 5.92 Å². The summed E-state index contributed by atoms with van der Waals surface area (Å²) in [6.45, 7) is 8.64. The molecule has 3 N–H and O–H groups in total. The fourth-order valence-electron chi connectivity index (χ4n) is 2.49. The van der Waals surface area contributed by atoms with Gasteiger partial charge in [-0.15, -0.1) is 0 Å². The molecule has 0 radical (unpaired) electrons. The first kappa shape index (κ1) is 14.1. The zero-order chi connectivity index (χ0) is 14.0. The average molecular weight is 262 g/mol. The molecule has 0 saturated heterocycles. The summed E-state index contributed by atoms with van der Waals surface area (Å²) in [5, 5.41) is 3.52. The van der Waals surface area contributed by atoms with E-state index in [-0.39, 0.29) is 5.41 Å². The minimum Gasteiger partial charge on any atom is -0.384 e. The monoisotopic (exact) mass is 262 g/mol. The highest BCUT2D eigenvalue weighted by molar-refractivity contribution is 5.46. The van der Waals surface area contributed by atoms with Gasteiger partial charge in [0, 0.05) is 17.5 Å². The normalized spacial score (nSPS) is 24.2. The zero-order valence-corrected chi connectivity index (χ0v) is 12.5. The molecule has 106 valence electrons. The number of nitrogens with one attached hydrogen (secondary N) is 1. The van der Waals surface area contributed by atoms with Gasteiger partial charge in [0.2, 0.25) is 0 Å². The molecule has 4 nitrogen and oxygen atoms in total. The van der Waals surface area contributed by atoms with Crippen LogP contribution in [0.3, 0.4) is 0 Å². The number of aromatic nitrogens is 2. The molecule has 1 aromatic rings. The molecule has 0 aliphatic heterocycles. The van der Waals surface area contributed by atoms with Gasteiger partial charge in [0.1, 0.15) is 17.5 Å². The van der Waals surface area contributed by atoms with Crippen LogP contribution in [0.2, 0.25) is 0 Å². The number of hydrogen-bond donors (Lipinski definition) is 2. The first-order valence-electron chi connectivity index (χ1n) is 7.26. The van der Waals surface area contributed by atoms with Crippen LogP contribution in [0.25, 0.3) is 0 Å². The van der Waals surface area contributed by atoms with Crippen molar-refractivity contribution in [2.75, 3.05) is 11.1 Å². The van der Waals surface area contributed by atoms with Crippen LogP contribution in [0.4, 0.5) is 11.6 Å². The van der Waals surface area contributed by atoms with Crippen molar-refractivity contribution in [2.45, 2.75) is 64.8 Å². The number of nitrogens with two attached hydrogens (primary N) is 1. The lowest BCUT2D eigenvalue weighted by Crippen LogP contribution is -2.26. The molecule has 1 aromatic heterocycles. The van der Waals surface area contributed by atoms with Crippen molar-refractivity contribution in [1.29, 1.82) is 0 Å². The van der Waals surface area contributed by atoms with Crippen molar-refractivity contribution in [3.05, 3.63) is 11.9 Å². The molecular formula is C15H26N4. The molecular weight excluding hydrogens is 236 g/mol. The van der Waals surface area contributed by atoms with E-state index in [0.717, 1.165) is 17.6 Å². The van der Waals surface area contributed by atoms with Crippen molar-refractivity contribution in [3.8, 4) is 0 Å². The summed E-state index contributed by atoms with van der Waals surface area (Å²) >= 11 is 0. The number of rotatable bonds is 2. The third-order valence-corrected chi connectivity index (χ3v) is 3.78. The molecule has 0 bridgehead atoms. The molecule has 0 amide bonds. The molecule has 0 atom stereocenters. The van der Waals surface area contributed by atoms with Crippen molar-refractivity contribution in [1.82, 2.24) is 9.97 Å². The molecule has 0 spiro atoms. The first-order chi connectivity index (χ1) is 8.84. The molecule has 0 unspecified atom stereocenters. The summed E-state index contributed by atoms with van der Waals surface area (Å²) in [4.78, 5) is 8.95. The van der Waals surface area contributed by atoms with Crippen molar-refractivity contribution < 1.29 is 0 Å². The van der Waals surface area contributed by atoms with Crippen LogP contribution in [0.15, 0.2) is 6.07 Å². The average Bonchev–Trinajstić information content (AvgIpc) is 2.30. The second-order valence-electron chi connectivity index (χ2n) is 6.85. The van der Waals surface area contributed by atoms with E-state index >= 15 is 0 Å². The first-order valence-corrected chi connectivity index (χ1v) is 7.26. The Labute approximate surface area is 116 Å². The third kappa shape index (κ3) is 3.82. The van der Waals surface area contributed by atoms with Crippen LogP contribution in [-0.2, 0) is 5.41 Å². The molecule has 1 aliphatic carbocycles. The Balaban J connectivity index is 2.10. The summed E-state index contributed by atoms with van der Waals surface area (Å²) in [6, 6.07) is 2.37. The van der Waals surface area contributed by atoms with Crippen LogP contribution in [-0.4, -0.2) is 16.0 Å². The largest absolute Gasteiger partial charge is 0.384 e. The van der Waals surface area contributed by atoms with Gasteiger partial charge in [-0.3, -0.25) is 0 Å². The Bertz CT molecular complexity index is 428. The van der Waals surface area contributed by atoms with E-state index in [1.54, 1.807) is 0 Å². The predicted molar refractivity (Wildman–Crippen MR) is 80.2 cm³/mol. The predicted octanol–water partition coefficient (Wildman–Crippen LogP) is 3.35. The summed E-state index contributed by atoms with van der Waals surface area (Å²) in [5.74, 6) is 3.08. The maximum atomic E-state index is 5.89. The van der Waals surface area contributed by atoms with Crippen LogP contribution < -0.4 is 11.1 Å². The lowest BCUT2D eigenvalue weighted by atomic mass is 9.87. The topological polar surface area (TPSA) is 63.8 Å². The van der Waals surface area contributed by atoms with Gasteiger partial charge >= 0.3 is 0 Å². The Morgan fingerprint density at radius 2 is 1.79 bits per heavy atom. The van der Waals surface area contributed by atoms with E-state index in [4.69, 9.17) is 5.73 Å². The Hall–Kier alpha value is -1.32. The molecule has 1 heterocycles.